The van der Waals surface area contributed by atoms with Crippen molar-refractivity contribution in [3.8, 4) is 0 Å². The van der Waals surface area contributed by atoms with Gasteiger partial charge in [-0.05, 0) is 31.6 Å². The summed E-state index contributed by atoms with van der Waals surface area (Å²) in [5.74, 6) is 0.680. The Morgan fingerprint density at radius 3 is 2.76 bits per heavy atom. The fraction of sp³-hybridized carbons (Fsp3) is 0.929. The summed E-state index contributed by atoms with van der Waals surface area (Å²) in [6.45, 7) is 4.80. The molecular formula is C14H27NO2. The molecule has 1 saturated carbocycles. The van der Waals surface area contributed by atoms with E-state index >= 15 is 0 Å². The van der Waals surface area contributed by atoms with Crippen molar-refractivity contribution in [3.05, 3.63) is 0 Å². The van der Waals surface area contributed by atoms with Gasteiger partial charge in [-0.1, -0.05) is 33.1 Å². The molecule has 3 nitrogen and oxygen atoms in total. The van der Waals surface area contributed by atoms with Gasteiger partial charge >= 0.3 is 0 Å². The zero-order chi connectivity index (χ0) is 12.7. The Morgan fingerprint density at radius 1 is 1.41 bits per heavy atom. The number of hydrogen-bond acceptors (Lipinski definition) is 2. The molecule has 3 atom stereocenters. The minimum Gasteiger partial charge on any atom is -0.393 e. The highest BCUT2D eigenvalue weighted by molar-refractivity contribution is 5.78. The van der Waals surface area contributed by atoms with Gasteiger partial charge in [-0.25, -0.2) is 0 Å². The number of aliphatic hydroxyl groups excluding tert-OH is 1. The van der Waals surface area contributed by atoms with Gasteiger partial charge in [0.25, 0.3) is 0 Å². The normalized spacial score (nSPS) is 26.5. The Labute approximate surface area is 105 Å². The fourth-order valence-corrected chi connectivity index (χ4v) is 2.64. The lowest BCUT2D eigenvalue weighted by Crippen LogP contribution is -2.33. The van der Waals surface area contributed by atoms with Crippen molar-refractivity contribution in [3.63, 3.8) is 0 Å². The molecule has 1 aliphatic rings. The van der Waals surface area contributed by atoms with Crippen molar-refractivity contribution in [2.75, 3.05) is 6.54 Å². The van der Waals surface area contributed by atoms with Crippen LogP contribution in [0.2, 0.25) is 0 Å². The molecule has 3 heteroatoms. The van der Waals surface area contributed by atoms with E-state index in [-0.39, 0.29) is 17.9 Å². The summed E-state index contributed by atoms with van der Waals surface area (Å²) in [6.07, 6.45) is 7.21. The Bertz CT molecular complexity index is 230. The topological polar surface area (TPSA) is 49.3 Å². The van der Waals surface area contributed by atoms with Crippen molar-refractivity contribution < 1.29 is 9.90 Å². The van der Waals surface area contributed by atoms with Gasteiger partial charge in [-0.3, -0.25) is 4.79 Å². The van der Waals surface area contributed by atoms with E-state index in [1.54, 1.807) is 0 Å². The molecule has 1 aliphatic carbocycles. The second-order valence-corrected chi connectivity index (χ2v) is 5.38. The van der Waals surface area contributed by atoms with Gasteiger partial charge in [-0.15, -0.1) is 0 Å². The third-order valence-electron chi connectivity index (χ3n) is 3.85. The van der Waals surface area contributed by atoms with E-state index in [1.807, 2.05) is 6.92 Å². The number of amides is 1. The van der Waals surface area contributed by atoms with Gasteiger partial charge < -0.3 is 10.4 Å². The second-order valence-electron chi connectivity index (χ2n) is 5.38. The molecule has 1 fully saturated rings. The summed E-state index contributed by atoms with van der Waals surface area (Å²) in [4.78, 5) is 11.7. The molecule has 0 aromatic heterocycles. The van der Waals surface area contributed by atoms with Crippen LogP contribution in [0.4, 0.5) is 0 Å². The summed E-state index contributed by atoms with van der Waals surface area (Å²) in [5.41, 5.74) is 0. The standard InChI is InChI=1S/C14H27NO2/c1-3-6-11(2)14(17)15-10-9-12-7-4-5-8-13(12)16/h11-13,16H,3-10H2,1-2H3,(H,15,17). The van der Waals surface area contributed by atoms with Crippen molar-refractivity contribution in [1.29, 1.82) is 0 Å². The number of carbonyl (C=O) groups is 1. The maximum Gasteiger partial charge on any atom is 0.222 e. The largest absolute Gasteiger partial charge is 0.393 e. The Balaban J connectivity index is 2.16. The number of rotatable bonds is 6. The first kappa shape index (κ1) is 14.5. The highest BCUT2D eigenvalue weighted by Crippen LogP contribution is 2.26. The van der Waals surface area contributed by atoms with Crippen molar-refractivity contribution in [2.24, 2.45) is 11.8 Å². The van der Waals surface area contributed by atoms with Gasteiger partial charge in [0.15, 0.2) is 0 Å². The first-order valence-corrected chi connectivity index (χ1v) is 7.11. The highest BCUT2D eigenvalue weighted by Gasteiger charge is 2.22. The lowest BCUT2D eigenvalue weighted by atomic mass is 9.84. The number of hydrogen-bond donors (Lipinski definition) is 2. The van der Waals surface area contributed by atoms with Crippen LogP contribution in [0.1, 0.15) is 58.8 Å². The number of carbonyl (C=O) groups excluding carboxylic acids is 1. The van der Waals surface area contributed by atoms with Gasteiger partial charge in [0.2, 0.25) is 5.91 Å². The molecule has 17 heavy (non-hydrogen) atoms. The molecule has 0 spiro atoms. The Morgan fingerprint density at radius 2 is 2.12 bits per heavy atom. The molecule has 0 radical (unpaired) electrons. The molecule has 0 aromatic carbocycles. The maximum absolute atomic E-state index is 11.7. The van der Waals surface area contributed by atoms with Crippen LogP contribution in [0.15, 0.2) is 0 Å². The van der Waals surface area contributed by atoms with Crippen LogP contribution < -0.4 is 5.32 Å². The predicted molar refractivity (Wildman–Crippen MR) is 69.7 cm³/mol. The quantitative estimate of drug-likeness (QED) is 0.750. The van der Waals surface area contributed by atoms with Crippen LogP contribution in [0, 0.1) is 11.8 Å². The monoisotopic (exact) mass is 241 g/mol. The molecule has 0 bridgehead atoms. The summed E-state index contributed by atoms with van der Waals surface area (Å²) < 4.78 is 0. The van der Waals surface area contributed by atoms with Crippen molar-refractivity contribution >= 4 is 5.91 Å². The zero-order valence-corrected chi connectivity index (χ0v) is 11.2. The average molecular weight is 241 g/mol. The minimum atomic E-state index is -0.145. The first-order chi connectivity index (χ1) is 8.15. The maximum atomic E-state index is 11.7. The van der Waals surface area contributed by atoms with Crippen LogP contribution in [0.3, 0.4) is 0 Å². The second kappa shape index (κ2) is 7.70. The third-order valence-corrected chi connectivity index (χ3v) is 3.85. The Hall–Kier alpha value is -0.570. The third kappa shape index (κ3) is 5.07. The molecule has 0 heterocycles. The average Bonchev–Trinajstić information content (AvgIpc) is 2.31. The minimum absolute atomic E-state index is 0.122. The van der Waals surface area contributed by atoms with Gasteiger partial charge in [0, 0.05) is 12.5 Å². The summed E-state index contributed by atoms with van der Waals surface area (Å²) in [7, 11) is 0. The van der Waals surface area contributed by atoms with E-state index < -0.39 is 0 Å². The lowest BCUT2D eigenvalue weighted by molar-refractivity contribution is -0.124. The van der Waals surface area contributed by atoms with Crippen LogP contribution in [0.5, 0.6) is 0 Å². The molecule has 2 N–H and O–H groups in total. The predicted octanol–water partition coefficient (Wildman–Crippen LogP) is 2.48. The van der Waals surface area contributed by atoms with E-state index in [1.165, 1.54) is 6.42 Å². The fourth-order valence-electron chi connectivity index (χ4n) is 2.64. The van der Waals surface area contributed by atoms with E-state index in [0.717, 1.165) is 38.5 Å². The van der Waals surface area contributed by atoms with Gasteiger partial charge in [0.05, 0.1) is 6.10 Å². The highest BCUT2D eigenvalue weighted by atomic mass is 16.3. The van der Waals surface area contributed by atoms with Crippen molar-refractivity contribution in [1.82, 2.24) is 5.32 Å². The van der Waals surface area contributed by atoms with Gasteiger partial charge in [0.1, 0.15) is 0 Å². The first-order valence-electron chi connectivity index (χ1n) is 7.11. The molecule has 0 aliphatic heterocycles. The van der Waals surface area contributed by atoms with E-state index in [4.69, 9.17) is 0 Å². The summed E-state index contributed by atoms with van der Waals surface area (Å²) in [6, 6.07) is 0. The summed E-state index contributed by atoms with van der Waals surface area (Å²) >= 11 is 0. The smallest absolute Gasteiger partial charge is 0.222 e. The van der Waals surface area contributed by atoms with Crippen LogP contribution >= 0.6 is 0 Å². The lowest BCUT2D eigenvalue weighted by Gasteiger charge is -2.27. The molecule has 3 unspecified atom stereocenters. The van der Waals surface area contributed by atoms with E-state index in [9.17, 15) is 9.90 Å². The SMILES string of the molecule is CCCC(C)C(=O)NCCC1CCCCC1O. The van der Waals surface area contributed by atoms with E-state index in [0.29, 0.717) is 12.5 Å². The number of aliphatic hydroxyl groups is 1. The van der Waals surface area contributed by atoms with Crippen LogP contribution in [0.25, 0.3) is 0 Å². The molecule has 1 rings (SSSR count). The molecule has 1 amide bonds. The van der Waals surface area contributed by atoms with Crippen molar-refractivity contribution in [2.45, 2.75) is 64.9 Å². The molecule has 0 aromatic rings. The summed E-state index contributed by atoms with van der Waals surface area (Å²) in [5, 5.41) is 12.8. The van der Waals surface area contributed by atoms with Crippen LogP contribution in [-0.4, -0.2) is 23.7 Å². The molecule has 100 valence electrons. The van der Waals surface area contributed by atoms with E-state index in [2.05, 4.69) is 12.2 Å². The van der Waals surface area contributed by atoms with Gasteiger partial charge in [-0.2, -0.15) is 0 Å². The molecular weight excluding hydrogens is 214 g/mol. The zero-order valence-electron chi connectivity index (χ0n) is 11.2. The Kier molecular flexibility index (Phi) is 6.56. The van der Waals surface area contributed by atoms with Crippen LogP contribution in [-0.2, 0) is 4.79 Å². The molecule has 0 saturated heterocycles. The number of nitrogens with one attached hydrogen (secondary N) is 1.